The standard InChI is InChI=1S/C19H23BrClN5O3/c1-12(11-26-9-5-2-6-10-26)22-19(28)29-18-15(20)16(24-25-18)23-17(27)13-7-3-4-8-14(13)21/h3-4,7-8,12H,2,5-6,9-11H2,1H3,(H,22,28)(H2,23,24,25,27)/t12-/m0/s1. The molecule has 10 heteroatoms. The number of amides is 2. The van der Waals surface area contributed by atoms with Gasteiger partial charge in [-0.05, 0) is 60.9 Å². The Kier molecular flexibility index (Phi) is 7.51. The molecule has 0 unspecified atom stereocenters. The van der Waals surface area contributed by atoms with E-state index in [9.17, 15) is 9.59 Å². The van der Waals surface area contributed by atoms with Crippen molar-refractivity contribution in [2.24, 2.45) is 0 Å². The number of carbonyl (C=O) groups is 2. The van der Waals surface area contributed by atoms with Crippen LogP contribution in [0.4, 0.5) is 10.6 Å². The van der Waals surface area contributed by atoms with E-state index in [2.05, 4.69) is 41.7 Å². The molecule has 156 valence electrons. The van der Waals surface area contributed by atoms with Crippen LogP contribution in [0.2, 0.25) is 5.02 Å². The van der Waals surface area contributed by atoms with E-state index in [0.29, 0.717) is 15.1 Å². The van der Waals surface area contributed by atoms with Gasteiger partial charge in [-0.15, -0.1) is 5.10 Å². The fourth-order valence-corrected chi connectivity index (χ4v) is 3.76. The molecule has 0 radical (unpaired) electrons. The van der Waals surface area contributed by atoms with Gasteiger partial charge in [0.25, 0.3) is 11.8 Å². The van der Waals surface area contributed by atoms with Crippen LogP contribution in [0.25, 0.3) is 0 Å². The molecule has 0 bridgehead atoms. The van der Waals surface area contributed by atoms with Crippen LogP contribution in [0.3, 0.4) is 0 Å². The van der Waals surface area contributed by atoms with Gasteiger partial charge in [0.15, 0.2) is 0 Å². The van der Waals surface area contributed by atoms with E-state index in [0.717, 1.165) is 19.6 Å². The summed E-state index contributed by atoms with van der Waals surface area (Å²) in [5.41, 5.74) is 0.322. The van der Waals surface area contributed by atoms with E-state index < -0.39 is 12.0 Å². The molecule has 3 N–H and O–H groups in total. The Hall–Kier alpha value is -2.10. The maximum absolute atomic E-state index is 12.4. The maximum Gasteiger partial charge on any atom is 0.414 e. The van der Waals surface area contributed by atoms with Gasteiger partial charge in [0.05, 0.1) is 10.6 Å². The molecule has 1 aliphatic rings. The van der Waals surface area contributed by atoms with Crippen LogP contribution in [0.15, 0.2) is 28.7 Å². The lowest BCUT2D eigenvalue weighted by Crippen LogP contribution is -2.44. The van der Waals surface area contributed by atoms with Gasteiger partial charge in [-0.2, -0.15) is 0 Å². The molecule has 1 aliphatic heterocycles. The molecule has 29 heavy (non-hydrogen) atoms. The Balaban J connectivity index is 1.54. The molecule has 0 aliphatic carbocycles. The first kappa shape index (κ1) is 21.6. The first-order valence-corrected chi connectivity index (χ1v) is 10.6. The molecule has 1 atom stereocenters. The minimum Gasteiger partial charge on any atom is -0.388 e. The van der Waals surface area contributed by atoms with E-state index in [1.165, 1.54) is 19.3 Å². The average Bonchev–Trinajstić information content (AvgIpc) is 3.02. The lowest BCUT2D eigenvalue weighted by molar-refractivity contribution is 0.102. The second-order valence-corrected chi connectivity index (χ2v) is 8.15. The SMILES string of the molecule is C[C@@H](CN1CCCCC1)NC(=O)Oc1n[nH]c(NC(=O)c2ccccc2Cl)c1Br. The summed E-state index contributed by atoms with van der Waals surface area (Å²) in [5, 5.41) is 12.4. The fraction of sp³-hybridized carbons (Fsp3) is 0.421. The minimum atomic E-state index is -0.606. The Labute approximate surface area is 182 Å². The summed E-state index contributed by atoms with van der Waals surface area (Å²) in [7, 11) is 0. The van der Waals surface area contributed by atoms with Crippen molar-refractivity contribution in [2.45, 2.75) is 32.2 Å². The Morgan fingerprint density at radius 2 is 2.03 bits per heavy atom. The van der Waals surface area contributed by atoms with E-state index in [1.807, 2.05) is 6.92 Å². The number of nitrogens with one attached hydrogen (secondary N) is 3. The van der Waals surface area contributed by atoms with Crippen molar-refractivity contribution in [3.63, 3.8) is 0 Å². The predicted molar refractivity (Wildman–Crippen MR) is 115 cm³/mol. The normalized spacial score (nSPS) is 15.6. The lowest BCUT2D eigenvalue weighted by atomic mass is 10.1. The molecular weight excluding hydrogens is 462 g/mol. The summed E-state index contributed by atoms with van der Waals surface area (Å²) in [6.45, 7) is 4.82. The van der Waals surface area contributed by atoms with Crippen molar-refractivity contribution < 1.29 is 14.3 Å². The first-order chi connectivity index (χ1) is 13.9. The Bertz CT molecular complexity index is 869. The van der Waals surface area contributed by atoms with Gasteiger partial charge in [0.1, 0.15) is 10.3 Å². The van der Waals surface area contributed by atoms with Crippen molar-refractivity contribution in [3.05, 3.63) is 39.3 Å². The van der Waals surface area contributed by atoms with Crippen LogP contribution in [-0.2, 0) is 0 Å². The highest BCUT2D eigenvalue weighted by Gasteiger charge is 2.20. The molecule has 1 saturated heterocycles. The molecule has 1 aromatic carbocycles. The number of aromatic nitrogens is 2. The Morgan fingerprint density at radius 1 is 1.31 bits per heavy atom. The number of piperidine rings is 1. The number of benzene rings is 1. The quantitative estimate of drug-likeness (QED) is 0.575. The van der Waals surface area contributed by atoms with Gasteiger partial charge >= 0.3 is 6.09 Å². The second-order valence-electron chi connectivity index (χ2n) is 6.95. The first-order valence-electron chi connectivity index (χ1n) is 9.44. The van der Waals surface area contributed by atoms with Gasteiger partial charge in [-0.1, -0.05) is 30.2 Å². The summed E-state index contributed by atoms with van der Waals surface area (Å²) in [6, 6.07) is 6.63. The van der Waals surface area contributed by atoms with E-state index in [4.69, 9.17) is 16.3 Å². The number of likely N-dealkylation sites (tertiary alicyclic amines) is 1. The molecule has 0 saturated carbocycles. The van der Waals surface area contributed by atoms with Crippen LogP contribution in [0.1, 0.15) is 36.5 Å². The van der Waals surface area contributed by atoms with E-state index >= 15 is 0 Å². The molecule has 2 aromatic rings. The highest BCUT2D eigenvalue weighted by molar-refractivity contribution is 9.10. The minimum absolute atomic E-state index is 0.0298. The number of ether oxygens (including phenoxy) is 1. The fourth-order valence-electron chi connectivity index (χ4n) is 3.18. The number of rotatable bonds is 6. The second kappa shape index (κ2) is 10.1. The third-order valence-corrected chi connectivity index (χ3v) is 5.63. The van der Waals surface area contributed by atoms with Gasteiger partial charge in [-0.25, -0.2) is 4.79 Å². The van der Waals surface area contributed by atoms with Crippen molar-refractivity contribution in [1.82, 2.24) is 20.4 Å². The summed E-state index contributed by atoms with van der Waals surface area (Å²) in [4.78, 5) is 26.9. The number of anilines is 1. The number of hydrogen-bond donors (Lipinski definition) is 3. The number of hydrogen-bond acceptors (Lipinski definition) is 5. The molecule has 0 spiro atoms. The largest absolute Gasteiger partial charge is 0.414 e. The van der Waals surface area contributed by atoms with Crippen molar-refractivity contribution in [2.75, 3.05) is 25.0 Å². The zero-order valence-corrected chi connectivity index (χ0v) is 18.3. The van der Waals surface area contributed by atoms with Crippen LogP contribution < -0.4 is 15.4 Å². The smallest absolute Gasteiger partial charge is 0.388 e. The topological polar surface area (TPSA) is 99.3 Å². The average molecular weight is 485 g/mol. The van der Waals surface area contributed by atoms with Crippen LogP contribution in [0.5, 0.6) is 5.88 Å². The van der Waals surface area contributed by atoms with Gasteiger partial charge in [0, 0.05) is 12.6 Å². The monoisotopic (exact) mass is 483 g/mol. The van der Waals surface area contributed by atoms with Crippen molar-refractivity contribution in [3.8, 4) is 5.88 Å². The highest BCUT2D eigenvalue weighted by atomic mass is 79.9. The molecule has 3 rings (SSSR count). The third kappa shape index (κ3) is 5.94. The summed E-state index contributed by atoms with van der Waals surface area (Å²) in [6.07, 6.45) is 3.05. The van der Waals surface area contributed by atoms with Crippen molar-refractivity contribution in [1.29, 1.82) is 0 Å². The molecule has 1 fully saturated rings. The van der Waals surface area contributed by atoms with Crippen molar-refractivity contribution >= 4 is 45.3 Å². The number of carbonyl (C=O) groups excluding carboxylic acids is 2. The summed E-state index contributed by atoms with van der Waals surface area (Å²) in [5.74, 6) is -0.118. The zero-order chi connectivity index (χ0) is 20.8. The summed E-state index contributed by atoms with van der Waals surface area (Å²) < 4.78 is 5.59. The van der Waals surface area contributed by atoms with Gasteiger partial charge in [0.2, 0.25) is 0 Å². The Morgan fingerprint density at radius 3 is 2.76 bits per heavy atom. The van der Waals surface area contributed by atoms with E-state index in [1.54, 1.807) is 24.3 Å². The number of H-pyrrole nitrogens is 1. The molecule has 1 aromatic heterocycles. The van der Waals surface area contributed by atoms with Crippen LogP contribution >= 0.6 is 27.5 Å². The number of halogens is 2. The highest BCUT2D eigenvalue weighted by Crippen LogP contribution is 2.30. The van der Waals surface area contributed by atoms with Crippen LogP contribution in [0, 0.1) is 0 Å². The van der Waals surface area contributed by atoms with Gasteiger partial charge < -0.3 is 20.3 Å². The van der Waals surface area contributed by atoms with Crippen LogP contribution in [-0.4, -0.2) is 52.8 Å². The van der Waals surface area contributed by atoms with Gasteiger partial charge in [-0.3, -0.25) is 9.89 Å². The number of nitrogens with zero attached hydrogens (tertiary/aromatic N) is 2. The molecule has 8 nitrogen and oxygen atoms in total. The van der Waals surface area contributed by atoms with E-state index in [-0.39, 0.29) is 17.7 Å². The molecule has 2 heterocycles. The summed E-state index contributed by atoms with van der Waals surface area (Å²) >= 11 is 9.33. The number of aromatic amines is 1. The molecular formula is C19H23BrClN5O3. The maximum atomic E-state index is 12.4. The lowest BCUT2D eigenvalue weighted by Gasteiger charge is -2.29. The third-order valence-electron chi connectivity index (χ3n) is 4.57. The predicted octanol–water partition coefficient (Wildman–Crippen LogP) is 4.04. The zero-order valence-electron chi connectivity index (χ0n) is 16.0. The molecule has 2 amide bonds.